The summed E-state index contributed by atoms with van der Waals surface area (Å²) in [7, 11) is 0. The molecule has 1 aromatic rings. The second-order valence-corrected chi connectivity index (χ2v) is 4.75. The summed E-state index contributed by atoms with van der Waals surface area (Å²) in [4.78, 5) is 52.2. The van der Waals surface area contributed by atoms with Crippen molar-refractivity contribution in [3.8, 4) is 0 Å². The molecule has 1 aromatic heterocycles. The minimum absolute atomic E-state index is 0.0569. The van der Waals surface area contributed by atoms with Crippen molar-refractivity contribution in [3.05, 3.63) is 29.6 Å². The van der Waals surface area contributed by atoms with E-state index in [-0.39, 0.29) is 25.2 Å². The first-order valence-electron chi connectivity index (χ1n) is 6.21. The van der Waals surface area contributed by atoms with Crippen LogP contribution in [-0.4, -0.2) is 39.6 Å². The van der Waals surface area contributed by atoms with Crippen LogP contribution in [0.25, 0.3) is 0 Å². The Morgan fingerprint density at radius 3 is 2.80 bits per heavy atom. The number of piperidine rings is 1. The number of nitrogens with zero attached hydrogens (tertiary/aromatic N) is 2. The highest BCUT2D eigenvalue weighted by atomic mass is 16.2. The first kappa shape index (κ1) is 12.5. The highest BCUT2D eigenvalue weighted by Crippen LogP contribution is 2.23. The monoisotopic (exact) mass is 273 g/mol. The van der Waals surface area contributed by atoms with E-state index < -0.39 is 23.8 Å². The lowest BCUT2D eigenvalue weighted by Gasteiger charge is -2.34. The van der Waals surface area contributed by atoms with E-state index in [2.05, 4.69) is 10.3 Å². The number of pyridine rings is 1. The standard InChI is InChI=1S/C13H11N3O4/c17-10-2-1-9(12(19)15-10)16-11(18)5-7-3-4-14-6-8(7)13(16)20/h3-4,6,9H,1-2,5H2,(H,15,17,19). The number of carbonyl (C=O) groups is 4. The molecular formula is C13H11N3O4. The van der Waals surface area contributed by atoms with Crippen LogP contribution < -0.4 is 5.32 Å². The Kier molecular flexibility index (Phi) is 2.81. The van der Waals surface area contributed by atoms with E-state index in [0.29, 0.717) is 11.1 Å². The van der Waals surface area contributed by atoms with Crippen molar-refractivity contribution < 1.29 is 19.2 Å². The fourth-order valence-corrected chi connectivity index (χ4v) is 2.50. The molecule has 102 valence electrons. The Labute approximate surface area is 114 Å². The summed E-state index contributed by atoms with van der Waals surface area (Å²) >= 11 is 0. The third-order valence-electron chi connectivity index (χ3n) is 3.49. The highest BCUT2D eigenvalue weighted by molar-refractivity contribution is 6.13. The molecule has 1 unspecified atom stereocenters. The predicted molar refractivity (Wildman–Crippen MR) is 65.3 cm³/mol. The lowest BCUT2D eigenvalue weighted by molar-refractivity contribution is -0.143. The topological polar surface area (TPSA) is 96.4 Å². The molecule has 1 saturated heterocycles. The van der Waals surface area contributed by atoms with Crippen LogP contribution in [0.3, 0.4) is 0 Å². The number of rotatable bonds is 1. The molecule has 0 bridgehead atoms. The van der Waals surface area contributed by atoms with E-state index in [1.807, 2.05) is 0 Å². The molecule has 2 aliphatic rings. The van der Waals surface area contributed by atoms with Gasteiger partial charge in [0.2, 0.25) is 17.7 Å². The molecule has 1 N–H and O–H groups in total. The van der Waals surface area contributed by atoms with Gasteiger partial charge in [0, 0.05) is 18.8 Å². The van der Waals surface area contributed by atoms with Gasteiger partial charge in [-0.1, -0.05) is 0 Å². The van der Waals surface area contributed by atoms with Crippen molar-refractivity contribution in [2.24, 2.45) is 0 Å². The van der Waals surface area contributed by atoms with E-state index in [9.17, 15) is 19.2 Å². The maximum atomic E-state index is 12.4. The molecule has 0 aromatic carbocycles. The third kappa shape index (κ3) is 1.87. The molecule has 0 radical (unpaired) electrons. The lowest BCUT2D eigenvalue weighted by Crippen LogP contribution is -2.57. The second kappa shape index (κ2) is 4.52. The van der Waals surface area contributed by atoms with Gasteiger partial charge in [-0.2, -0.15) is 0 Å². The van der Waals surface area contributed by atoms with Crippen LogP contribution in [0, 0.1) is 0 Å². The average molecular weight is 273 g/mol. The van der Waals surface area contributed by atoms with Gasteiger partial charge >= 0.3 is 0 Å². The van der Waals surface area contributed by atoms with Crippen LogP contribution in [0.1, 0.15) is 28.8 Å². The Morgan fingerprint density at radius 2 is 2.05 bits per heavy atom. The van der Waals surface area contributed by atoms with Crippen molar-refractivity contribution in [1.82, 2.24) is 15.2 Å². The van der Waals surface area contributed by atoms with E-state index in [4.69, 9.17) is 0 Å². The molecule has 20 heavy (non-hydrogen) atoms. The first-order chi connectivity index (χ1) is 9.58. The van der Waals surface area contributed by atoms with Gasteiger partial charge in [-0.15, -0.1) is 0 Å². The van der Waals surface area contributed by atoms with Gasteiger partial charge < -0.3 is 0 Å². The number of fused-ring (bicyclic) bond motifs is 1. The van der Waals surface area contributed by atoms with Crippen LogP contribution in [-0.2, 0) is 20.8 Å². The number of amides is 4. The molecule has 3 heterocycles. The maximum absolute atomic E-state index is 12.4. The fourth-order valence-electron chi connectivity index (χ4n) is 2.50. The molecule has 0 saturated carbocycles. The third-order valence-corrected chi connectivity index (χ3v) is 3.49. The van der Waals surface area contributed by atoms with E-state index in [0.717, 1.165) is 4.90 Å². The zero-order valence-corrected chi connectivity index (χ0v) is 10.5. The molecule has 0 aliphatic carbocycles. The molecule has 2 aliphatic heterocycles. The van der Waals surface area contributed by atoms with Gasteiger partial charge in [0.1, 0.15) is 6.04 Å². The van der Waals surface area contributed by atoms with Crippen molar-refractivity contribution in [1.29, 1.82) is 0 Å². The molecule has 7 nitrogen and oxygen atoms in total. The number of carbonyl (C=O) groups excluding carboxylic acids is 4. The summed E-state index contributed by atoms with van der Waals surface area (Å²) in [6, 6.07) is 0.702. The van der Waals surface area contributed by atoms with Gasteiger partial charge in [-0.25, -0.2) is 0 Å². The Morgan fingerprint density at radius 1 is 1.25 bits per heavy atom. The molecule has 3 rings (SSSR count). The summed E-state index contributed by atoms with van der Waals surface area (Å²) in [6.45, 7) is 0. The van der Waals surface area contributed by atoms with Gasteiger partial charge in [-0.3, -0.25) is 34.4 Å². The summed E-state index contributed by atoms with van der Waals surface area (Å²) < 4.78 is 0. The average Bonchev–Trinajstić information content (AvgIpc) is 2.41. The molecular weight excluding hydrogens is 262 g/mol. The number of nitrogens with one attached hydrogen (secondary N) is 1. The van der Waals surface area contributed by atoms with Crippen LogP contribution in [0.2, 0.25) is 0 Å². The minimum Gasteiger partial charge on any atom is -0.295 e. The zero-order valence-electron chi connectivity index (χ0n) is 10.5. The van der Waals surface area contributed by atoms with Crippen LogP contribution in [0.4, 0.5) is 0 Å². The molecule has 7 heteroatoms. The van der Waals surface area contributed by atoms with E-state index >= 15 is 0 Å². The van der Waals surface area contributed by atoms with Gasteiger partial charge in [0.15, 0.2) is 0 Å². The number of hydrogen-bond donors (Lipinski definition) is 1. The highest BCUT2D eigenvalue weighted by Gasteiger charge is 2.41. The summed E-state index contributed by atoms with van der Waals surface area (Å²) in [5, 5.41) is 2.15. The molecule has 0 spiro atoms. The summed E-state index contributed by atoms with van der Waals surface area (Å²) in [5.41, 5.74) is 0.940. The van der Waals surface area contributed by atoms with Crippen molar-refractivity contribution >= 4 is 23.6 Å². The quantitative estimate of drug-likeness (QED) is 0.690. The van der Waals surface area contributed by atoms with E-state index in [1.54, 1.807) is 6.07 Å². The molecule has 1 atom stereocenters. The lowest BCUT2D eigenvalue weighted by atomic mass is 9.96. The Balaban J connectivity index is 1.95. The zero-order chi connectivity index (χ0) is 14.3. The van der Waals surface area contributed by atoms with Crippen molar-refractivity contribution in [3.63, 3.8) is 0 Å². The largest absolute Gasteiger partial charge is 0.295 e. The van der Waals surface area contributed by atoms with Crippen LogP contribution >= 0.6 is 0 Å². The summed E-state index contributed by atoms with van der Waals surface area (Å²) in [5.74, 6) is -1.94. The number of imide groups is 2. The Bertz CT molecular complexity index is 640. The molecule has 4 amide bonds. The summed E-state index contributed by atoms with van der Waals surface area (Å²) in [6.07, 6.45) is 3.25. The van der Waals surface area contributed by atoms with Crippen LogP contribution in [0.15, 0.2) is 18.5 Å². The number of aromatic nitrogens is 1. The molecule has 1 fully saturated rings. The smallest absolute Gasteiger partial charge is 0.263 e. The van der Waals surface area contributed by atoms with Crippen LogP contribution in [0.5, 0.6) is 0 Å². The normalized spacial score (nSPS) is 22.6. The van der Waals surface area contributed by atoms with Gasteiger partial charge in [0.05, 0.1) is 12.0 Å². The van der Waals surface area contributed by atoms with Crippen molar-refractivity contribution in [2.75, 3.05) is 0 Å². The van der Waals surface area contributed by atoms with Crippen molar-refractivity contribution in [2.45, 2.75) is 25.3 Å². The van der Waals surface area contributed by atoms with Gasteiger partial charge in [0.25, 0.3) is 5.91 Å². The SMILES string of the molecule is O=C1CCC(N2C(=O)Cc3ccncc3C2=O)C(=O)N1. The minimum atomic E-state index is -0.916. The number of hydrogen-bond acceptors (Lipinski definition) is 5. The van der Waals surface area contributed by atoms with Gasteiger partial charge in [-0.05, 0) is 18.1 Å². The predicted octanol–water partition coefficient (Wildman–Crippen LogP) is -0.588. The maximum Gasteiger partial charge on any atom is 0.263 e. The fraction of sp³-hybridized carbons (Fsp3) is 0.308. The second-order valence-electron chi connectivity index (χ2n) is 4.75. The van der Waals surface area contributed by atoms with E-state index in [1.165, 1.54) is 12.4 Å². The Hall–Kier alpha value is -2.57. The first-order valence-corrected chi connectivity index (χ1v) is 6.21.